The van der Waals surface area contributed by atoms with Crippen LogP contribution in [-0.2, 0) is 4.74 Å². The zero-order valence-corrected chi connectivity index (χ0v) is 12.8. The van der Waals surface area contributed by atoms with E-state index in [2.05, 4.69) is 15.9 Å². The molecule has 2 rings (SSSR count). The van der Waals surface area contributed by atoms with Gasteiger partial charge in [-0.25, -0.2) is 9.18 Å². The van der Waals surface area contributed by atoms with Gasteiger partial charge in [-0.2, -0.15) is 0 Å². The molecule has 0 bridgehead atoms. The number of nitrogens with two attached hydrogens (primary N) is 1. The number of hydrogen-bond donors (Lipinski definition) is 1. The van der Waals surface area contributed by atoms with Gasteiger partial charge in [-0.05, 0) is 35.0 Å². The summed E-state index contributed by atoms with van der Waals surface area (Å²) in [5, 5.41) is 0. The highest BCUT2D eigenvalue weighted by Crippen LogP contribution is 2.33. The fraction of sp³-hybridized carbons (Fsp3) is 0.133. The summed E-state index contributed by atoms with van der Waals surface area (Å²) in [6.07, 6.45) is 0. The second kappa shape index (κ2) is 6.58. The van der Waals surface area contributed by atoms with Crippen molar-refractivity contribution in [1.29, 1.82) is 0 Å². The van der Waals surface area contributed by atoms with Crippen LogP contribution in [0.5, 0.6) is 11.5 Å². The van der Waals surface area contributed by atoms with Gasteiger partial charge in [0.1, 0.15) is 5.75 Å². The average molecular weight is 354 g/mol. The van der Waals surface area contributed by atoms with Gasteiger partial charge >= 0.3 is 5.97 Å². The zero-order chi connectivity index (χ0) is 15.4. The number of hydrogen-bond acceptors (Lipinski definition) is 4. The van der Waals surface area contributed by atoms with Crippen molar-refractivity contribution in [2.75, 3.05) is 12.3 Å². The van der Waals surface area contributed by atoms with Crippen LogP contribution in [0.4, 0.5) is 10.1 Å². The number of ether oxygens (including phenoxy) is 2. The first-order chi connectivity index (χ1) is 10.0. The molecule has 0 spiro atoms. The van der Waals surface area contributed by atoms with E-state index in [1.807, 2.05) is 0 Å². The molecule has 2 N–H and O–H groups in total. The van der Waals surface area contributed by atoms with E-state index in [0.29, 0.717) is 10.2 Å². The number of esters is 1. The number of anilines is 1. The Morgan fingerprint density at radius 2 is 2.00 bits per heavy atom. The molecule has 0 aliphatic rings. The van der Waals surface area contributed by atoms with Crippen molar-refractivity contribution in [3.63, 3.8) is 0 Å². The van der Waals surface area contributed by atoms with Crippen LogP contribution in [0.15, 0.2) is 40.9 Å². The molecular formula is C15H13BrFNO3. The standard InChI is InChI=1S/C15H13BrFNO3/c1-2-20-15(19)9-7-14(11(17)8-12(9)18)21-13-6-4-3-5-10(13)16/h3-8H,2,18H2,1H3. The molecule has 0 amide bonds. The minimum absolute atomic E-state index is 0.00503. The lowest BCUT2D eigenvalue weighted by molar-refractivity contribution is 0.0527. The van der Waals surface area contributed by atoms with E-state index in [9.17, 15) is 9.18 Å². The second-order valence-electron chi connectivity index (χ2n) is 4.12. The van der Waals surface area contributed by atoms with Gasteiger partial charge in [0.05, 0.1) is 16.6 Å². The Morgan fingerprint density at radius 1 is 1.29 bits per heavy atom. The number of carbonyl (C=O) groups excluding carboxylic acids is 1. The van der Waals surface area contributed by atoms with Crippen LogP contribution >= 0.6 is 15.9 Å². The van der Waals surface area contributed by atoms with E-state index in [0.717, 1.165) is 6.07 Å². The van der Waals surface area contributed by atoms with Crippen LogP contribution in [0, 0.1) is 5.82 Å². The van der Waals surface area contributed by atoms with Gasteiger partial charge in [0.15, 0.2) is 11.6 Å². The van der Waals surface area contributed by atoms with Crippen molar-refractivity contribution in [1.82, 2.24) is 0 Å². The van der Waals surface area contributed by atoms with E-state index in [1.165, 1.54) is 6.07 Å². The molecule has 2 aromatic carbocycles. The largest absolute Gasteiger partial charge is 0.462 e. The number of nitrogen functional groups attached to an aromatic ring is 1. The van der Waals surface area contributed by atoms with E-state index < -0.39 is 11.8 Å². The molecule has 0 atom stereocenters. The molecule has 6 heteroatoms. The van der Waals surface area contributed by atoms with Gasteiger partial charge in [-0.1, -0.05) is 12.1 Å². The van der Waals surface area contributed by atoms with Crippen LogP contribution < -0.4 is 10.5 Å². The van der Waals surface area contributed by atoms with Crippen LogP contribution in [-0.4, -0.2) is 12.6 Å². The molecular weight excluding hydrogens is 341 g/mol. The molecule has 0 aliphatic heterocycles. The van der Waals surface area contributed by atoms with Crippen LogP contribution in [0.25, 0.3) is 0 Å². The Kier molecular flexibility index (Phi) is 4.80. The van der Waals surface area contributed by atoms with Crippen molar-refractivity contribution < 1.29 is 18.7 Å². The normalized spacial score (nSPS) is 10.2. The summed E-state index contributed by atoms with van der Waals surface area (Å²) in [4.78, 5) is 11.8. The summed E-state index contributed by atoms with van der Waals surface area (Å²) in [6.45, 7) is 1.88. The Hall–Kier alpha value is -2.08. The van der Waals surface area contributed by atoms with Crippen LogP contribution in [0.2, 0.25) is 0 Å². The molecule has 0 heterocycles. The average Bonchev–Trinajstić information content (AvgIpc) is 2.44. The molecule has 4 nitrogen and oxygen atoms in total. The number of carbonyl (C=O) groups is 1. The first-order valence-electron chi connectivity index (χ1n) is 6.21. The van der Waals surface area contributed by atoms with Crippen molar-refractivity contribution in [3.05, 3.63) is 52.3 Å². The van der Waals surface area contributed by atoms with Gasteiger partial charge in [-0.15, -0.1) is 0 Å². The molecule has 0 radical (unpaired) electrons. The fourth-order valence-corrected chi connectivity index (χ4v) is 2.04. The monoisotopic (exact) mass is 353 g/mol. The Morgan fingerprint density at radius 3 is 2.67 bits per heavy atom. The first kappa shape index (κ1) is 15.3. The maximum absolute atomic E-state index is 13.9. The van der Waals surface area contributed by atoms with Gasteiger partial charge in [-0.3, -0.25) is 0 Å². The molecule has 2 aromatic rings. The highest BCUT2D eigenvalue weighted by Gasteiger charge is 2.17. The number of halogens is 2. The number of rotatable bonds is 4. The second-order valence-corrected chi connectivity index (χ2v) is 4.98. The molecule has 0 fully saturated rings. The Balaban J connectivity index is 2.38. The van der Waals surface area contributed by atoms with Gasteiger partial charge in [0.25, 0.3) is 0 Å². The summed E-state index contributed by atoms with van der Waals surface area (Å²) in [5.74, 6) is -0.946. The van der Waals surface area contributed by atoms with E-state index in [-0.39, 0.29) is 23.6 Å². The molecule has 0 aliphatic carbocycles. The summed E-state index contributed by atoms with van der Waals surface area (Å²) < 4.78 is 24.9. The molecule has 0 saturated heterocycles. The number of benzene rings is 2. The third-order valence-electron chi connectivity index (χ3n) is 2.66. The van der Waals surface area contributed by atoms with Crippen molar-refractivity contribution in [2.24, 2.45) is 0 Å². The quantitative estimate of drug-likeness (QED) is 0.662. The van der Waals surface area contributed by atoms with E-state index in [1.54, 1.807) is 31.2 Å². The van der Waals surface area contributed by atoms with E-state index >= 15 is 0 Å². The Labute approximate surface area is 129 Å². The lowest BCUT2D eigenvalue weighted by Crippen LogP contribution is -2.09. The molecule has 21 heavy (non-hydrogen) atoms. The minimum atomic E-state index is -0.656. The van der Waals surface area contributed by atoms with Crippen molar-refractivity contribution in [2.45, 2.75) is 6.92 Å². The number of para-hydroxylation sites is 1. The van der Waals surface area contributed by atoms with Crippen LogP contribution in [0.1, 0.15) is 17.3 Å². The summed E-state index contributed by atoms with van der Waals surface area (Å²) in [7, 11) is 0. The predicted molar refractivity (Wildman–Crippen MR) is 81.0 cm³/mol. The summed E-state index contributed by atoms with van der Waals surface area (Å²) in [5.41, 5.74) is 5.71. The van der Waals surface area contributed by atoms with Crippen molar-refractivity contribution >= 4 is 27.6 Å². The predicted octanol–water partition coefficient (Wildman–Crippen LogP) is 4.14. The molecule has 0 unspecified atom stereocenters. The Bertz CT molecular complexity index is 676. The summed E-state index contributed by atoms with van der Waals surface area (Å²) in [6, 6.07) is 9.27. The smallest absolute Gasteiger partial charge is 0.340 e. The fourth-order valence-electron chi connectivity index (χ4n) is 1.68. The van der Waals surface area contributed by atoms with Crippen molar-refractivity contribution in [3.8, 4) is 11.5 Å². The maximum atomic E-state index is 13.9. The molecule has 0 saturated carbocycles. The molecule has 110 valence electrons. The third-order valence-corrected chi connectivity index (χ3v) is 3.31. The summed E-state index contributed by atoms with van der Waals surface area (Å²) >= 11 is 3.30. The zero-order valence-electron chi connectivity index (χ0n) is 11.2. The highest BCUT2D eigenvalue weighted by atomic mass is 79.9. The van der Waals surface area contributed by atoms with Crippen LogP contribution in [0.3, 0.4) is 0 Å². The lowest BCUT2D eigenvalue weighted by atomic mass is 10.1. The highest BCUT2D eigenvalue weighted by molar-refractivity contribution is 9.10. The topological polar surface area (TPSA) is 61.5 Å². The minimum Gasteiger partial charge on any atom is -0.462 e. The van der Waals surface area contributed by atoms with Gasteiger partial charge in [0, 0.05) is 17.8 Å². The first-order valence-corrected chi connectivity index (χ1v) is 7.00. The lowest BCUT2D eigenvalue weighted by Gasteiger charge is -2.11. The van der Waals surface area contributed by atoms with Gasteiger partial charge in [0.2, 0.25) is 0 Å². The maximum Gasteiger partial charge on any atom is 0.340 e. The van der Waals surface area contributed by atoms with E-state index in [4.69, 9.17) is 15.2 Å². The SMILES string of the molecule is CCOC(=O)c1cc(Oc2ccccc2Br)c(F)cc1N. The molecule has 0 aromatic heterocycles. The third kappa shape index (κ3) is 3.52. The van der Waals surface area contributed by atoms with Gasteiger partial charge < -0.3 is 15.2 Å².